The first kappa shape index (κ1) is 13.6. The standard InChI is InChI=1S/C16H15N3OS/c1-19-13-8-4-6-10-15(13)21-16(19)18-17-11-12-7-3-5-9-14(12)20-2/h3-11H,1-2H3. The summed E-state index contributed by atoms with van der Waals surface area (Å²) in [5.74, 6) is 0.789. The van der Waals surface area contributed by atoms with Gasteiger partial charge < -0.3 is 9.30 Å². The smallest absolute Gasteiger partial charge is 0.211 e. The van der Waals surface area contributed by atoms with Gasteiger partial charge in [-0.1, -0.05) is 35.6 Å². The third kappa shape index (κ3) is 2.73. The van der Waals surface area contributed by atoms with E-state index >= 15 is 0 Å². The topological polar surface area (TPSA) is 38.9 Å². The fourth-order valence-electron chi connectivity index (χ4n) is 2.09. The monoisotopic (exact) mass is 297 g/mol. The molecule has 1 aromatic heterocycles. The Morgan fingerprint density at radius 3 is 2.67 bits per heavy atom. The molecule has 3 aromatic rings. The summed E-state index contributed by atoms with van der Waals surface area (Å²) in [4.78, 5) is 0.863. The lowest BCUT2D eigenvalue weighted by Crippen LogP contribution is -2.08. The van der Waals surface area contributed by atoms with Crippen molar-refractivity contribution >= 4 is 27.8 Å². The van der Waals surface area contributed by atoms with Crippen LogP contribution in [0.15, 0.2) is 58.7 Å². The Kier molecular flexibility index (Phi) is 3.83. The lowest BCUT2D eigenvalue weighted by Gasteiger charge is -2.01. The zero-order chi connectivity index (χ0) is 14.7. The number of fused-ring (bicyclic) bond motifs is 1. The summed E-state index contributed by atoms with van der Waals surface area (Å²) in [5, 5.41) is 8.50. The van der Waals surface area contributed by atoms with E-state index in [0.717, 1.165) is 21.6 Å². The summed E-state index contributed by atoms with van der Waals surface area (Å²) in [6, 6.07) is 15.9. The van der Waals surface area contributed by atoms with Crippen molar-refractivity contribution in [3.05, 3.63) is 58.9 Å². The number of aryl methyl sites for hydroxylation is 1. The van der Waals surface area contributed by atoms with Crippen LogP contribution in [-0.2, 0) is 7.05 Å². The van der Waals surface area contributed by atoms with Gasteiger partial charge in [-0.15, -0.1) is 5.10 Å². The number of ether oxygens (including phenoxy) is 1. The minimum Gasteiger partial charge on any atom is -0.496 e. The van der Waals surface area contributed by atoms with Crippen molar-refractivity contribution in [2.75, 3.05) is 7.11 Å². The van der Waals surface area contributed by atoms with Crippen LogP contribution in [-0.4, -0.2) is 17.9 Å². The van der Waals surface area contributed by atoms with Crippen LogP contribution in [0.5, 0.6) is 5.75 Å². The molecular formula is C16H15N3OS. The van der Waals surface area contributed by atoms with E-state index in [1.54, 1.807) is 24.7 Å². The maximum absolute atomic E-state index is 5.28. The van der Waals surface area contributed by atoms with Gasteiger partial charge in [-0.2, -0.15) is 5.10 Å². The van der Waals surface area contributed by atoms with Crippen LogP contribution < -0.4 is 9.54 Å². The predicted octanol–water partition coefficient (Wildman–Crippen LogP) is 3.18. The van der Waals surface area contributed by atoms with Gasteiger partial charge in [-0.05, 0) is 24.3 Å². The highest BCUT2D eigenvalue weighted by atomic mass is 32.1. The molecule has 0 saturated carbocycles. The molecule has 0 aliphatic rings. The Morgan fingerprint density at radius 2 is 1.86 bits per heavy atom. The Bertz CT molecular complexity index is 861. The van der Waals surface area contributed by atoms with E-state index in [0.29, 0.717) is 0 Å². The van der Waals surface area contributed by atoms with Crippen LogP contribution in [0, 0.1) is 0 Å². The lowest BCUT2D eigenvalue weighted by molar-refractivity contribution is 0.414. The van der Waals surface area contributed by atoms with Crippen LogP contribution in [0.25, 0.3) is 10.2 Å². The number of thiazole rings is 1. The van der Waals surface area contributed by atoms with Crippen molar-refractivity contribution in [3.8, 4) is 5.75 Å². The van der Waals surface area contributed by atoms with Crippen molar-refractivity contribution in [1.82, 2.24) is 4.57 Å². The number of nitrogens with zero attached hydrogens (tertiary/aromatic N) is 3. The van der Waals surface area contributed by atoms with Crippen molar-refractivity contribution < 1.29 is 4.74 Å². The minimum absolute atomic E-state index is 0.789. The number of rotatable bonds is 3. The Balaban J connectivity index is 1.98. The van der Waals surface area contributed by atoms with Gasteiger partial charge in [0, 0.05) is 12.6 Å². The number of methoxy groups -OCH3 is 1. The van der Waals surface area contributed by atoms with Crippen LogP contribution in [0.4, 0.5) is 0 Å². The largest absolute Gasteiger partial charge is 0.496 e. The Labute approximate surface area is 126 Å². The first-order chi connectivity index (χ1) is 10.3. The maximum atomic E-state index is 5.28. The second-order valence-corrected chi connectivity index (χ2v) is 5.51. The van der Waals surface area contributed by atoms with Gasteiger partial charge in [0.05, 0.1) is 23.5 Å². The molecule has 2 aromatic carbocycles. The van der Waals surface area contributed by atoms with Gasteiger partial charge in [0.15, 0.2) is 0 Å². The summed E-state index contributed by atoms with van der Waals surface area (Å²) in [6.45, 7) is 0. The zero-order valence-corrected chi connectivity index (χ0v) is 12.7. The molecule has 106 valence electrons. The number of benzene rings is 2. The number of aromatic nitrogens is 1. The predicted molar refractivity (Wildman–Crippen MR) is 86.9 cm³/mol. The molecule has 3 rings (SSSR count). The highest BCUT2D eigenvalue weighted by molar-refractivity contribution is 7.16. The second kappa shape index (κ2) is 5.93. The van der Waals surface area contributed by atoms with Crippen molar-refractivity contribution in [2.24, 2.45) is 17.3 Å². The van der Waals surface area contributed by atoms with E-state index < -0.39 is 0 Å². The zero-order valence-electron chi connectivity index (χ0n) is 11.9. The molecule has 0 radical (unpaired) electrons. The van der Waals surface area contributed by atoms with E-state index in [1.165, 1.54) is 4.70 Å². The number of hydrogen-bond donors (Lipinski definition) is 0. The van der Waals surface area contributed by atoms with Crippen LogP contribution in [0.1, 0.15) is 5.56 Å². The molecule has 0 amide bonds. The molecule has 21 heavy (non-hydrogen) atoms. The molecule has 0 aliphatic heterocycles. The van der Waals surface area contributed by atoms with Crippen molar-refractivity contribution in [2.45, 2.75) is 0 Å². The SMILES string of the molecule is COc1ccccc1C=NN=c1sc2ccccc2n1C. The van der Waals surface area contributed by atoms with Crippen LogP contribution >= 0.6 is 11.3 Å². The van der Waals surface area contributed by atoms with E-state index in [1.807, 2.05) is 48.0 Å². The van der Waals surface area contributed by atoms with Gasteiger partial charge in [-0.3, -0.25) is 0 Å². The van der Waals surface area contributed by atoms with Gasteiger partial charge in [0.25, 0.3) is 0 Å². The van der Waals surface area contributed by atoms with Crippen molar-refractivity contribution in [3.63, 3.8) is 0 Å². The van der Waals surface area contributed by atoms with E-state index in [9.17, 15) is 0 Å². The summed E-state index contributed by atoms with van der Waals surface area (Å²) >= 11 is 1.62. The Hall–Kier alpha value is -2.40. The van der Waals surface area contributed by atoms with E-state index in [2.05, 4.69) is 22.3 Å². The molecule has 0 spiro atoms. The number of para-hydroxylation sites is 2. The van der Waals surface area contributed by atoms with Gasteiger partial charge in [0.1, 0.15) is 5.75 Å². The van der Waals surface area contributed by atoms with Gasteiger partial charge in [-0.25, -0.2) is 0 Å². The highest BCUT2D eigenvalue weighted by Crippen LogP contribution is 2.16. The Morgan fingerprint density at radius 1 is 1.10 bits per heavy atom. The third-order valence-corrected chi connectivity index (χ3v) is 4.30. The lowest BCUT2D eigenvalue weighted by atomic mass is 10.2. The normalized spacial score (nSPS) is 12.4. The van der Waals surface area contributed by atoms with E-state index in [-0.39, 0.29) is 0 Å². The molecule has 5 heteroatoms. The molecule has 0 aliphatic carbocycles. The quantitative estimate of drug-likeness (QED) is 0.540. The average molecular weight is 297 g/mol. The highest BCUT2D eigenvalue weighted by Gasteiger charge is 2.01. The second-order valence-electron chi connectivity index (χ2n) is 4.50. The third-order valence-electron chi connectivity index (χ3n) is 3.19. The minimum atomic E-state index is 0.789. The molecule has 0 saturated heterocycles. The number of hydrogen-bond acceptors (Lipinski definition) is 4. The van der Waals surface area contributed by atoms with Crippen LogP contribution in [0.3, 0.4) is 0 Å². The summed E-state index contributed by atoms with van der Waals surface area (Å²) in [5.41, 5.74) is 2.07. The fraction of sp³-hybridized carbons (Fsp3) is 0.125. The summed E-state index contributed by atoms with van der Waals surface area (Å²) in [7, 11) is 3.64. The van der Waals surface area contributed by atoms with Crippen LogP contribution in [0.2, 0.25) is 0 Å². The van der Waals surface area contributed by atoms with Gasteiger partial charge in [0.2, 0.25) is 4.80 Å². The molecule has 0 atom stereocenters. The molecule has 4 nitrogen and oxygen atoms in total. The first-order valence-corrected chi connectivity index (χ1v) is 7.36. The molecule has 0 N–H and O–H groups in total. The fourth-order valence-corrected chi connectivity index (χ4v) is 3.07. The maximum Gasteiger partial charge on any atom is 0.211 e. The molecular weight excluding hydrogens is 282 g/mol. The first-order valence-electron chi connectivity index (χ1n) is 6.54. The average Bonchev–Trinajstić information content (AvgIpc) is 2.85. The van der Waals surface area contributed by atoms with E-state index in [4.69, 9.17) is 4.74 Å². The molecule has 1 heterocycles. The van der Waals surface area contributed by atoms with Gasteiger partial charge >= 0.3 is 0 Å². The summed E-state index contributed by atoms with van der Waals surface area (Å²) < 4.78 is 8.53. The summed E-state index contributed by atoms with van der Waals surface area (Å²) in [6.07, 6.45) is 1.71. The molecule has 0 fully saturated rings. The molecule has 0 unspecified atom stereocenters. The van der Waals surface area contributed by atoms with Crippen molar-refractivity contribution in [1.29, 1.82) is 0 Å². The molecule has 0 bridgehead atoms.